The first kappa shape index (κ1) is 9.45. The maximum atomic E-state index is 10.1. The molecule has 1 heterocycles. The molecule has 0 spiro atoms. The van der Waals surface area contributed by atoms with E-state index in [1.165, 1.54) is 6.08 Å². The number of allylic oxidation sites excluding steroid dienone is 1. The van der Waals surface area contributed by atoms with Gasteiger partial charge in [0.25, 0.3) is 0 Å². The van der Waals surface area contributed by atoms with E-state index >= 15 is 0 Å². The van der Waals surface area contributed by atoms with Crippen molar-refractivity contribution in [3.8, 4) is 5.88 Å². The number of ether oxygens (including phenoxy) is 1. The Hall–Kier alpha value is -1.64. The molecule has 0 atom stereocenters. The topological polar surface area (TPSA) is 39.2 Å². The number of aromatic nitrogens is 1. The molecular weight excluding hydrogens is 166 g/mol. The molecular formula is C10H11NO2. The number of aryl methyl sites for hydroxylation is 1. The molecule has 0 amide bonds. The van der Waals surface area contributed by atoms with Gasteiger partial charge in [-0.25, -0.2) is 4.98 Å². The van der Waals surface area contributed by atoms with E-state index in [-0.39, 0.29) is 0 Å². The van der Waals surface area contributed by atoms with Crippen molar-refractivity contribution in [3.63, 3.8) is 0 Å². The van der Waals surface area contributed by atoms with Gasteiger partial charge in [0, 0.05) is 11.8 Å². The summed E-state index contributed by atoms with van der Waals surface area (Å²) < 4.78 is 5.00. The fraction of sp³-hybridized carbons (Fsp3) is 0.200. The summed E-state index contributed by atoms with van der Waals surface area (Å²) in [5, 5.41) is 0. The number of aldehydes is 1. The molecule has 0 aliphatic rings. The van der Waals surface area contributed by atoms with Gasteiger partial charge in [0.05, 0.1) is 7.11 Å². The third-order valence-corrected chi connectivity index (χ3v) is 1.61. The molecule has 13 heavy (non-hydrogen) atoms. The summed E-state index contributed by atoms with van der Waals surface area (Å²) in [5.41, 5.74) is 1.85. The normalized spacial score (nSPS) is 10.3. The maximum absolute atomic E-state index is 10.1. The van der Waals surface area contributed by atoms with E-state index in [4.69, 9.17) is 4.74 Å². The van der Waals surface area contributed by atoms with Crippen molar-refractivity contribution < 1.29 is 9.53 Å². The highest BCUT2D eigenvalue weighted by Crippen LogP contribution is 2.14. The van der Waals surface area contributed by atoms with Crippen molar-refractivity contribution in [2.24, 2.45) is 0 Å². The van der Waals surface area contributed by atoms with Gasteiger partial charge in [-0.3, -0.25) is 4.79 Å². The van der Waals surface area contributed by atoms with Gasteiger partial charge in [-0.15, -0.1) is 0 Å². The Labute approximate surface area is 77.1 Å². The van der Waals surface area contributed by atoms with Crippen molar-refractivity contribution >= 4 is 12.4 Å². The molecule has 68 valence electrons. The zero-order valence-corrected chi connectivity index (χ0v) is 7.65. The summed E-state index contributed by atoms with van der Waals surface area (Å²) in [4.78, 5) is 14.1. The van der Waals surface area contributed by atoms with E-state index in [1.807, 2.05) is 13.0 Å². The van der Waals surface area contributed by atoms with Crippen molar-refractivity contribution in [1.29, 1.82) is 0 Å². The minimum atomic E-state index is 0.614. The van der Waals surface area contributed by atoms with Gasteiger partial charge in [0.15, 0.2) is 0 Å². The van der Waals surface area contributed by atoms with Crippen LogP contribution in [0.25, 0.3) is 6.08 Å². The Morgan fingerprint density at radius 2 is 2.31 bits per heavy atom. The first-order valence-corrected chi connectivity index (χ1v) is 3.90. The fourth-order valence-electron chi connectivity index (χ4n) is 1.04. The number of rotatable bonds is 3. The summed E-state index contributed by atoms with van der Waals surface area (Å²) in [6.45, 7) is 1.91. The van der Waals surface area contributed by atoms with E-state index in [0.717, 1.165) is 17.4 Å². The van der Waals surface area contributed by atoms with Crippen LogP contribution in [0.3, 0.4) is 0 Å². The molecule has 3 heteroatoms. The molecule has 0 N–H and O–H groups in total. The molecule has 0 aromatic carbocycles. The Morgan fingerprint density at radius 1 is 1.54 bits per heavy atom. The van der Waals surface area contributed by atoms with E-state index in [2.05, 4.69) is 4.98 Å². The van der Waals surface area contributed by atoms with Crippen LogP contribution in [-0.2, 0) is 4.79 Å². The Kier molecular flexibility index (Phi) is 3.20. The lowest BCUT2D eigenvalue weighted by molar-refractivity contribution is -0.104. The van der Waals surface area contributed by atoms with Crippen LogP contribution in [0.2, 0.25) is 0 Å². The van der Waals surface area contributed by atoms with Crippen molar-refractivity contribution in [2.75, 3.05) is 7.11 Å². The SMILES string of the molecule is COc1ncc(C=CC=O)cc1C. The van der Waals surface area contributed by atoms with Gasteiger partial charge in [-0.2, -0.15) is 0 Å². The number of carbonyl (C=O) groups is 1. The van der Waals surface area contributed by atoms with Gasteiger partial charge in [-0.05, 0) is 24.6 Å². The van der Waals surface area contributed by atoms with Crippen LogP contribution < -0.4 is 4.74 Å². The third-order valence-electron chi connectivity index (χ3n) is 1.61. The fourth-order valence-corrected chi connectivity index (χ4v) is 1.04. The summed E-state index contributed by atoms with van der Waals surface area (Å²) in [5.74, 6) is 0.614. The molecule has 1 aromatic rings. The predicted octanol–water partition coefficient (Wildman–Crippen LogP) is 1.61. The van der Waals surface area contributed by atoms with Gasteiger partial charge in [-0.1, -0.05) is 6.08 Å². The molecule has 0 unspecified atom stereocenters. The standard InChI is InChI=1S/C10H11NO2/c1-8-6-9(4-3-5-12)7-11-10(8)13-2/h3-7H,1-2H3. The van der Waals surface area contributed by atoms with Gasteiger partial charge in [0.2, 0.25) is 5.88 Å². The van der Waals surface area contributed by atoms with Crippen LogP contribution in [0.15, 0.2) is 18.3 Å². The summed E-state index contributed by atoms with van der Waals surface area (Å²) in [6.07, 6.45) is 5.53. The molecule has 0 bridgehead atoms. The summed E-state index contributed by atoms with van der Waals surface area (Å²) in [7, 11) is 1.58. The molecule has 0 saturated carbocycles. The highest BCUT2D eigenvalue weighted by atomic mass is 16.5. The lowest BCUT2D eigenvalue weighted by Gasteiger charge is -2.02. The second-order valence-electron chi connectivity index (χ2n) is 2.59. The van der Waals surface area contributed by atoms with Gasteiger partial charge in [0.1, 0.15) is 6.29 Å². The van der Waals surface area contributed by atoms with Crippen molar-refractivity contribution in [3.05, 3.63) is 29.5 Å². The lowest BCUT2D eigenvalue weighted by Crippen LogP contribution is -1.91. The molecule has 0 fully saturated rings. The quantitative estimate of drug-likeness (QED) is 0.520. The second-order valence-corrected chi connectivity index (χ2v) is 2.59. The molecule has 0 aliphatic heterocycles. The monoisotopic (exact) mass is 177 g/mol. The number of nitrogens with zero attached hydrogens (tertiary/aromatic N) is 1. The summed E-state index contributed by atoms with van der Waals surface area (Å²) >= 11 is 0. The Balaban J connectivity index is 2.95. The minimum absolute atomic E-state index is 0.614. The van der Waals surface area contributed by atoms with E-state index in [9.17, 15) is 4.79 Å². The van der Waals surface area contributed by atoms with Crippen LogP contribution in [0.4, 0.5) is 0 Å². The lowest BCUT2D eigenvalue weighted by atomic mass is 10.2. The number of methoxy groups -OCH3 is 1. The molecule has 0 saturated heterocycles. The van der Waals surface area contributed by atoms with Crippen molar-refractivity contribution in [2.45, 2.75) is 6.92 Å². The zero-order valence-electron chi connectivity index (χ0n) is 7.65. The molecule has 1 rings (SSSR count). The first-order valence-electron chi connectivity index (χ1n) is 3.90. The van der Waals surface area contributed by atoms with Crippen LogP contribution in [0.1, 0.15) is 11.1 Å². The number of pyridine rings is 1. The molecule has 1 aromatic heterocycles. The summed E-state index contributed by atoms with van der Waals surface area (Å²) in [6, 6.07) is 1.91. The third kappa shape index (κ3) is 2.40. The van der Waals surface area contributed by atoms with Crippen LogP contribution in [-0.4, -0.2) is 18.4 Å². The second kappa shape index (κ2) is 4.40. The first-order chi connectivity index (χ1) is 6.27. The van der Waals surface area contributed by atoms with Gasteiger partial charge >= 0.3 is 0 Å². The maximum Gasteiger partial charge on any atom is 0.215 e. The van der Waals surface area contributed by atoms with Crippen molar-refractivity contribution in [1.82, 2.24) is 4.98 Å². The van der Waals surface area contributed by atoms with Crippen LogP contribution >= 0.6 is 0 Å². The van der Waals surface area contributed by atoms with E-state index in [1.54, 1.807) is 19.4 Å². The number of hydrogen-bond acceptors (Lipinski definition) is 3. The van der Waals surface area contributed by atoms with E-state index in [0.29, 0.717) is 5.88 Å². The molecule has 0 aliphatic carbocycles. The highest BCUT2D eigenvalue weighted by molar-refractivity contribution is 5.73. The van der Waals surface area contributed by atoms with Crippen LogP contribution in [0.5, 0.6) is 5.88 Å². The number of hydrogen-bond donors (Lipinski definition) is 0. The Morgan fingerprint density at radius 3 is 2.85 bits per heavy atom. The van der Waals surface area contributed by atoms with Gasteiger partial charge < -0.3 is 4.74 Å². The average molecular weight is 177 g/mol. The van der Waals surface area contributed by atoms with Crippen LogP contribution in [0, 0.1) is 6.92 Å². The average Bonchev–Trinajstić information content (AvgIpc) is 2.15. The Bertz CT molecular complexity index is 332. The molecule has 0 radical (unpaired) electrons. The number of carbonyl (C=O) groups excluding carboxylic acids is 1. The van der Waals surface area contributed by atoms with E-state index < -0.39 is 0 Å². The largest absolute Gasteiger partial charge is 0.481 e. The minimum Gasteiger partial charge on any atom is -0.481 e. The highest BCUT2D eigenvalue weighted by Gasteiger charge is 1.98. The predicted molar refractivity (Wildman–Crippen MR) is 50.6 cm³/mol. The smallest absolute Gasteiger partial charge is 0.215 e. The zero-order chi connectivity index (χ0) is 9.68. The molecule has 3 nitrogen and oxygen atoms in total.